The largest absolute Gasteiger partial charge is 0.354 e. The lowest BCUT2D eigenvalue weighted by Gasteiger charge is -2.36. The molecular weight excluding hydrogens is 308 g/mol. The molecule has 1 aliphatic heterocycles. The number of nitrogens with one attached hydrogen (secondary N) is 1. The lowest BCUT2D eigenvalue weighted by atomic mass is 9.99. The topological polar surface area (TPSA) is 102 Å². The summed E-state index contributed by atoms with van der Waals surface area (Å²) in [7, 11) is 0. The summed E-state index contributed by atoms with van der Waals surface area (Å²) >= 11 is 0. The van der Waals surface area contributed by atoms with Crippen molar-refractivity contribution in [1.82, 2.24) is 10.2 Å². The van der Waals surface area contributed by atoms with Gasteiger partial charge in [-0.05, 0) is 37.4 Å². The number of benzene rings is 1. The molecule has 7 heteroatoms. The molecule has 1 unspecified atom stereocenters. The molecular formula is C17H26N4O3. The number of non-ortho nitro benzene ring substituents is 1. The average molecular weight is 334 g/mol. The van der Waals surface area contributed by atoms with Crippen LogP contribution in [0.4, 0.5) is 5.69 Å². The number of likely N-dealkylation sites (tertiary alicyclic amines) is 1. The first-order valence-corrected chi connectivity index (χ1v) is 8.46. The number of hydrogen-bond donors (Lipinski definition) is 2. The van der Waals surface area contributed by atoms with Crippen LogP contribution in [0.15, 0.2) is 18.2 Å². The highest BCUT2D eigenvalue weighted by atomic mass is 16.6. The van der Waals surface area contributed by atoms with E-state index in [0.29, 0.717) is 25.6 Å². The number of nitrogens with zero attached hydrogens (tertiary/aromatic N) is 2. The molecule has 24 heavy (non-hydrogen) atoms. The van der Waals surface area contributed by atoms with Crippen molar-refractivity contribution in [1.29, 1.82) is 0 Å². The number of nitro groups is 1. The van der Waals surface area contributed by atoms with Crippen LogP contribution in [0.1, 0.15) is 36.8 Å². The molecule has 1 amide bonds. The van der Waals surface area contributed by atoms with Crippen LogP contribution in [0.5, 0.6) is 0 Å². The molecule has 1 saturated heterocycles. The highest BCUT2D eigenvalue weighted by Crippen LogP contribution is 2.23. The molecule has 2 rings (SSSR count). The van der Waals surface area contributed by atoms with Crippen molar-refractivity contribution in [2.45, 2.75) is 45.2 Å². The first-order chi connectivity index (χ1) is 11.5. The summed E-state index contributed by atoms with van der Waals surface area (Å²) in [6, 6.07) is 5.32. The lowest BCUT2D eigenvalue weighted by Crippen LogP contribution is -2.46. The molecule has 0 bridgehead atoms. The normalized spacial score (nSPS) is 18.3. The Kier molecular flexibility index (Phi) is 6.69. The third-order valence-corrected chi connectivity index (χ3v) is 4.57. The molecule has 1 fully saturated rings. The third-order valence-electron chi connectivity index (χ3n) is 4.57. The molecule has 0 aromatic heterocycles. The predicted molar refractivity (Wildman–Crippen MR) is 92.6 cm³/mol. The van der Waals surface area contributed by atoms with Gasteiger partial charge in [0.1, 0.15) is 0 Å². The molecule has 1 atom stereocenters. The summed E-state index contributed by atoms with van der Waals surface area (Å²) in [6.07, 6.45) is 3.70. The number of amides is 1. The Morgan fingerprint density at radius 3 is 2.92 bits per heavy atom. The van der Waals surface area contributed by atoms with E-state index in [0.717, 1.165) is 43.5 Å². The van der Waals surface area contributed by atoms with Gasteiger partial charge in [0, 0.05) is 44.2 Å². The number of carbonyl (C=O) groups is 1. The van der Waals surface area contributed by atoms with Gasteiger partial charge in [-0.3, -0.25) is 19.8 Å². The third kappa shape index (κ3) is 5.01. The van der Waals surface area contributed by atoms with E-state index in [4.69, 9.17) is 5.73 Å². The molecule has 0 radical (unpaired) electrons. The van der Waals surface area contributed by atoms with E-state index >= 15 is 0 Å². The minimum atomic E-state index is -0.368. The highest BCUT2D eigenvalue weighted by Gasteiger charge is 2.23. The summed E-state index contributed by atoms with van der Waals surface area (Å²) in [5, 5.41) is 13.8. The van der Waals surface area contributed by atoms with Crippen molar-refractivity contribution in [3.05, 3.63) is 39.4 Å². The van der Waals surface area contributed by atoms with Gasteiger partial charge in [-0.1, -0.05) is 12.5 Å². The molecule has 7 nitrogen and oxygen atoms in total. The second-order valence-electron chi connectivity index (χ2n) is 6.33. The van der Waals surface area contributed by atoms with Crippen LogP contribution in [0.3, 0.4) is 0 Å². The number of aryl methyl sites for hydroxylation is 1. The maximum absolute atomic E-state index is 11.6. The number of hydrogen-bond acceptors (Lipinski definition) is 5. The Morgan fingerprint density at radius 2 is 2.25 bits per heavy atom. The Hall–Kier alpha value is -1.99. The average Bonchev–Trinajstić information content (AvgIpc) is 2.56. The molecule has 1 aromatic carbocycles. The van der Waals surface area contributed by atoms with Crippen molar-refractivity contribution in [2.75, 3.05) is 19.6 Å². The fourth-order valence-corrected chi connectivity index (χ4v) is 3.14. The minimum Gasteiger partial charge on any atom is -0.354 e. The zero-order valence-electron chi connectivity index (χ0n) is 14.2. The van der Waals surface area contributed by atoms with Gasteiger partial charge in [-0.15, -0.1) is 0 Å². The zero-order valence-corrected chi connectivity index (χ0v) is 14.2. The predicted octanol–water partition coefficient (Wildman–Crippen LogP) is 1.72. The first kappa shape index (κ1) is 18.4. The zero-order chi connectivity index (χ0) is 17.5. The highest BCUT2D eigenvalue weighted by molar-refractivity contribution is 5.76. The van der Waals surface area contributed by atoms with Crippen LogP contribution in [0, 0.1) is 17.0 Å². The monoisotopic (exact) mass is 334 g/mol. The van der Waals surface area contributed by atoms with Gasteiger partial charge >= 0.3 is 0 Å². The maximum atomic E-state index is 11.6. The Labute approximate surface area is 142 Å². The SMILES string of the molecule is Cc1cc([N+](=O)[O-])ccc1CN1CCCCC1CNC(=O)CCN. The number of piperidine rings is 1. The number of nitrogens with two attached hydrogens (primary N) is 1. The molecule has 1 heterocycles. The van der Waals surface area contributed by atoms with Crippen LogP contribution in [-0.4, -0.2) is 41.4 Å². The number of carbonyl (C=O) groups excluding carboxylic acids is 1. The molecule has 132 valence electrons. The molecule has 3 N–H and O–H groups in total. The van der Waals surface area contributed by atoms with Crippen molar-refractivity contribution in [3.63, 3.8) is 0 Å². The summed E-state index contributed by atoms with van der Waals surface area (Å²) in [6.45, 7) is 4.63. The Bertz CT molecular complexity index is 591. The molecule has 0 saturated carbocycles. The molecule has 1 aromatic rings. The van der Waals surface area contributed by atoms with Crippen molar-refractivity contribution < 1.29 is 9.72 Å². The molecule has 0 aliphatic carbocycles. The summed E-state index contributed by atoms with van der Waals surface area (Å²) in [5.41, 5.74) is 7.55. The van der Waals surface area contributed by atoms with Crippen LogP contribution >= 0.6 is 0 Å². The van der Waals surface area contributed by atoms with E-state index in [1.165, 1.54) is 0 Å². The van der Waals surface area contributed by atoms with Gasteiger partial charge in [-0.2, -0.15) is 0 Å². The van der Waals surface area contributed by atoms with E-state index in [1.54, 1.807) is 12.1 Å². The van der Waals surface area contributed by atoms with Crippen molar-refractivity contribution >= 4 is 11.6 Å². The fourth-order valence-electron chi connectivity index (χ4n) is 3.14. The van der Waals surface area contributed by atoms with E-state index in [9.17, 15) is 14.9 Å². The van der Waals surface area contributed by atoms with Crippen LogP contribution in [0.25, 0.3) is 0 Å². The molecule has 0 spiro atoms. The lowest BCUT2D eigenvalue weighted by molar-refractivity contribution is -0.384. The Balaban J connectivity index is 2.00. The fraction of sp³-hybridized carbons (Fsp3) is 0.588. The maximum Gasteiger partial charge on any atom is 0.269 e. The summed E-state index contributed by atoms with van der Waals surface area (Å²) < 4.78 is 0. The first-order valence-electron chi connectivity index (χ1n) is 8.46. The second kappa shape index (κ2) is 8.75. The van der Waals surface area contributed by atoms with Crippen LogP contribution in [-0.2, 0) is 11.3 Å². The quantitative estimate of drug-likeness (QED) is 0.584. The van der Waals surface area contributed by atoms with E-state index in [2.05, 4.69) is 10.2 Å². The Morgan fingerprint density at radius 1 is 1.46 bits per heavy atom. The minimum absolute atomic E-state index is 0.00506. The van der Waals surface area contributed by atoms with Crippen LogP contribution in [0.2, 0.25) is 0 Å². The van der Waals surface area contributed by atoms with Gasteiger partial charge in [0.05, 0.1) is 4.92 Å². The van der Waals surface area contributed by atoms with Gasteiger partial charge in [-0.25, -0.2) is 0 Å². The van der Waals surface area contributed by atoms with E-state index < -0.39 is 0 Å². The van der Waals surface area contributed by atoms with Gasteiger partial charge in [0.2, 0.25) is 5.91 Å². The number of rotatable bonds is 7. The van der Waals surface area contributed by atoms with Crippen molar-refractivity contribution in [3.8, 4) is 0 Å². The summed E-state index contributed by atoms with van der Waals surface area (Å²) in [4.78, 5) is 24.5. The summed E-state index contributed by atoms with van der Waals surface area (Å²) in [5.74, 6) is -0.00506. The van der Waals surface area contributed by atoms with E-state index in [-0.39, 0.29) is 16.5 Å². The van der Waals surface area contributed by atoms with Gasteiger partial charge < -0.3 is 11.1 Å². The number of nitro benzene ring substituents is 1. The van der Waals surface area contributed by atoms with Gasteiger partial charge in [0.15, 0.2) is 0 Å². The second-order valence-corrected chi connectivity index (χ2v) is 6.33. The smallest absolute Gasteiger partial charge is 0.269 e. The van der Waals surface area contributed by atoms with Crippen molar-refractivity contribution in [2.24, 2.45) is 5.73 Å². The van der Waals surface area contributed by atoms with Gasteiger partial charge in [0.25, 0.3) is 5.69 Å². The molecule has 1 aliphatic rings. The van der Waals surface area contributed by atoms with Crippen LogP contribution < -0.4 is 11.1 Å². The van der Waals surface area contributed by atoms with E-state index in [1.807, 2.05) is 13.0 Å². The standard InChI is InChI=1S/C17H26N4O3/c1-13-10-15(21(23)24)6-5-14(13)12-20-9-3-2-4-16(20)11-19-17(22)7-8-18/h5-6,10,16H,2-4,7-9,11-12,18H2,1H3,(H,19,22).